The molecule has 0 unspecified atom stereocenters. The molecule has 0 radical (unpaired) electrons. The second-order valence-electron chi connectivity index (χ2n) is 4.49. The number of hydrogen-bond donors (Lipinski definition) is 1. The molecule has 2 aromatic heterocycles. The number of hydrogen-bond acceptors (Lipinski definition) is 3. The second-order valence-corrected chi connectivity index (χ2v) is 4.49. The van der Waals surface area contributed by atoms with Gasteiger partial charge in [0, 0.05) is 18.4 Å². The molecular weight excluding hydrogens is 224 g/mol. The van der Waals surface area contributed by atoms with Crippen LogP contribution in [-0.2, 0) is 6.54 Å². The maximum atomic E-state index is 4.48. The molecule has 0 bridgehead atoms. The molecule has 0 spiro atoms. The van der Waals surface area contributed by atoms with Crippen molar-refractivity contribution in [1.82, 2.24) is 19.9 Å². The summed E-state index contributed by atoms with van der Waals surface area (Å²) in [6.45, 7) is 8.15. The molecule has 0 fully saturated rings. The van der Waals surface area contributed by atoms with Crippen molar-refractivity contribution in [3.63, 3.8) is 0 Å². The highest BCUT2D eigenvalue weighted by Crippen LogP contribution is 2.11. The minimum Gasteiger partial charge on any atom is -0.313 e. The molecule has 4 heteroatoms. The Hall–Kier alpha value is -1.68. The minimum absolute atomic E-state index is 0.878. The van der Waals surface area contributed by atoms with Gasteiger partial charge in [0.05, 0.1) is 5.69 Å². The highest BCUT2D eigenvalue weighted by molar-refractivity contribution is 5.29. The van der Waals surface area contributed by atoms with Gasteiger partial charge >= 0.3 is 0 Å². The summed E-state index contributed by atoms with van der Waals surface area (Å²) in [5.74, 6) is 0.923. The lowest BCUT2D eigenvalue weighted by Crippen LogP contribution is -2.14. The molecule has 2 rings (SSSR count). The average Bonchev–Trinajstić information content (AvgIpc) is 2.72. The molecule has 0 aliphatic carbocycles. The highest BCUT2D eigenvalue weighted by Gasteiger charge is 2.05. The summed E-state index contributed by atoms with van der Waals surface area (Å²) in [6.07, 6.45) is 4.90. The number of nitrogens with one attached hydrogen (secondary N) is 1. The normalized spacial score (nSPS) is 10.8. The zero-order chi connectivity index (χ0) is 13.0. The van der Waals surface area contributed by atoms with Gasteiger partial charge in [-0.3, -0.25) is 4.57 Å². The van der Waals surface area contributed by atoms with Gasteiger partial charge in [0.15, 0.2) is 0 Å². The molecule has 0 aliphatic heterocycles. The molecule has 0 amide bonds. The van der Waals surface area contributed by atoms with Gasteiger partial charge in [0.1, 0.15) is 12.1 Å². The summed E-state index contributed by atoms with van der Waals surface area (Å²) in [5, 5.41) is 3.37. The van der Waals surface area contributed by atoms with Gasteiger partial charge in [0.2, 0.25) is 0 Å². The van der Waals surface area contributed by atoms with Crippen LogP contribution in [0.5, 0.6) is 0 Å². The van der Waals surface area contributed by atoms with Crippen LogP contribution in [0.2, 0.25) is 0 Å². The third-order valence-corrected chi connectivity index (χ3v) is 3.06. The predicted molar refractivity (Wildman–Crippen MR) is 72.8 cm³/mol. The molecule has 0 saturated heterocycles. The molecule has 1 N–H and O–H groups in total. The maximum absolute atomic E-state index is 4.48. The lowest BCUT2D eigenvalue weighted by molar-refractivity contribution is 0.673. The summed E-state index contributed by atoms with van der Waals surface area (Å²) >= 11 is 0. The van der Waals surface area contributed by atoms with E-state index in [0.717, 1.165) is 36.7 Å². The monoisotopic (exact) mass is 244 g/mol. The SMILES string of the molecule is CCCNCc1ccc(-n2cnc(C)c2C)nc1. The van der Waals surface area contributed by atoms with Crippen LogP contribution in [0.15, 0.2) is 24.7 Å². The first-order chi connectivity index (χ1) is 8.72. The van der Waals surface area contributed by atoms with E-state index in [-0.39, 0.29) is 0 Å². The van der Waals surface area contributed by atoms with Gasteiger partial charge in [-0.25, -0.2) is 9.97 Å². The topological polar surface area (TPSA) is 42.7 Å². The van der Waals surface area contributed by atoms with Crippen LogP contribution in [0.25, 0.3) is 5.82 Å². The second kappa shape index (κ2) is 5.78. The van der Waals surface area contributed by atoms with Crippen molar-refractivity contribution < 1.29 is 0 Å². The van der Waals surface area contributed by atoms with Gasteiger partial charge in [-0.05, 0) is 38.4 Å². The molecule has 0 saturated carbocycles. The van der Waals surface area contributed by atoms with Crippen molar-refractivity contribution in [1.29, 1.82) is 0 Å². The van der Waals surface area contributed by atoms with Crippen molar-refractivity contribution >= 4 is 0 Å². The highest BCUT2D eigenvalue weighted by atomic mass is 15.1. The third kappa shape index (κ3) is 2.76. The van der Waals surface area contributed by atoms with E-state index in [1.165, 1.54) is 5.56 Å². The van der Waals surface area contributed by atoms with Crippen molar-refractivity contribution in [3.05, 3.63) is 41.6 Å². The van der Waals surface area contributed by atoms with Gasteiger partial charge < -0.3 is 5.32 Å². The lowest BCUT2D eigenvalue weighted by Gasteiger charge is -2.06. The zero-order valence-electron chi connectivity index (χ0n) is 11.3. The fourth-order valence-corrected chi connectivity index (χ4v) is 1.80. The van der Waals surface area contributed by atoms with E-state index >= 15 is 0 Å². The number of imidazole rings is 1. The van der Waals surface area contributed by atoms with E-state index < -0.39 is 0 Å². The Bertz CT molecular complexity index is 499. The number of rotatable bonds is 5. The fraction of sp³-hybridized carbons (Fsp3) is 0.429. The minimum atomic E-state index is 0.878. The van der Waals surface area contributed by atoms with Crippen LogP contribution in [0.4, 0.5) is 0 Å². The summed E-state index contributed by atoms with van der Waals surface area (Å²) in [6, 6.07) is 4.15. The van der Waals surface area contributed by atoms with Crippen molar-refractivity contribution in [3.8, 4) is 5.82 Å². The Morgan fingerprint density at radius 2 is 2.06 bits per heavy atom. The van der Waals surface area contributed by atoms with Crippen LogP contribution in [0, 0.1) is 13.8 Å². The summed E-state index contributed by atoms with van der Waals surface area (Å²) in [7, 11) is 0. The molecule has 0 atom stereocenters. The van der Waals surface area contributed by atoms with Crippen molar-refractivity contribution in [2.24, 2.45) is 0 Å². The van der Waals surface area contributed by atoms with Crippen LogP contribution >= 0.6 is 0 Å². The summed E-state index contributed by atoms with van der Waals surface area (Å²) in [5.41, 5.74) is 3.39. The average molecular weight is 244 g/mol. The Morgan fingerprint density at radius 1 is 1.22 bits per heavy atom. The molecule has 0 aliphatic rings. The van der Waals surface area contributed by atoms with Crippen molar-refractivity contribution in [2.75, 3.05) is 6.54 Å². The summed E-state index contributed by atoms with van der Waals surface area (Å²) in [4.78, 5) is 8.77. The maximum Gasteiger partial charge on any atom is 0.138 e. The molecule has 96 valence electrons. The molecule has 0 aromatic carbocycles. The van der Waals surface area contributed by atoms with Crippen LogP contribution in [-0.4, -0.2) is 21.1 Å². The van der Waals surface area contributed by atoms with E-state index in [1.807, 2.05) is 30.1 Å². The Balaban J connectivity index is 2.10. The first-order valence-corrected chi connectivity index (χ1v) is 6.39. The van der Waals surface area contributed by atoms with Gasteiger partial charge in [-0.2, -0.15) is 0 Å². The number of aryl methyl sites for hydroxylation is 1. The first-order valence-electron chi connectivity index (χ1n) is 6.39. The van der Waals surface area contributed by atoms with Gasteiger partial charge in [0.25, 0.3) is 0 Å². The third-order valence-electron chi connectivity index (χ3n) is 3.06. The standard InChI is InChI=1S/C14H20N4/c1-4-7-15-8-13-5-6-14(16-9-13)18-10-17-11(2)12(18)3/h5-6,9-10,15H,4,7-8H2,1-3H3. The van der Waals surface area contributed by atoms with Crippen molar-refractivity contribution in [2.45, 2.75) is 33.7 Å². The van der Waals surface area contributed by atoms with Gasteiger partial charge in [-0.1, -0.05) is 13.0 Å². The Kier molecular flexibility index (Phi) is 4.10. The van der Waals surface area contributed by atoms with Crippen LogP contribution in [0.1, 0.15) is 30.3 Å². The number of pyridine rings is 1. The van der Waals surface area contributed by atoms with Crippen LogP contribution in [0.3, 0.4) is 0 Å². The Morgan fingerprint density at radius 3 is 2.61 bits per heavy atom. The largest absolute Gasteiger partial charge is 0.313 e. The molecule has 4 nitrogen and oxygen atoms in total. The lowest BCUT2D eigenvalue weighted by atomic mass is 10.2. The fourth-order valence-electron chi connectivity index (χ4n) is 1.80. The Labute approximate surface area is 108 Å². The first kappa shape index (κ1) is 12.8. The van der Waals surface area contributed by atoms with E-state index in [2.05, 4.69) is 35.2 Å². The van der Waals surface area contributed by atoms with E-state index in [1.54, 1.807) is 0 Å². The number of aromatic nitrogens is 3. The molecule has 18 heavy (non-hydrogen) atoms. The van der Waals surface area contributed by atoms with Gasteiger partial charge in [-0.15, -0.1) is 0 Å². The van der Waals surface area contributed by atoms with E-state index in [4.69, 9.17) is 0 Å². The zero-order valence-corrected chi connectivity index (χ0v) is 11.3. The van der Waals surface area contributed by atoms with Crippen LogP contribution < -0.4 is 5.32 Å². The predicted octanol–water partition coefficient (Wildman–Crippen LogP) is 2.38. The quantitative estimate of drug-likeness (QED) is 0.821. The number of nitrogens with zero attached hydrogens (tertiary/aromatic N) is 3. The van der Waals surface area contributed by atoms with E-state index in [9.17, 15) is 0 Å². The summed E-state index contributed by atoms with van der Waals surface area (Å²) < 4.78 is 2.01. The smallest absolute Gasteiger partial charge is 0.138 e. The molecule has 2 heterocycles. The molecular formula is C14H20N4. The molecule has 2 aromatic rings. The van der Waals surface area contributed by atoms with E-state index in [0.29, 0.717) is 0 Å².